The van der Waals surface area contributed by atoms with Crippen LogP contribution in [0.4, 0.5) is 0 Å². The molecular weight excluding hydrogens is 1010 g/mol. The molecule has 0 aliphatic carbocycles. The molecule has 5 heterocycles. The van der Waals surface area contributed by atoms with E-state index in [-0.39, 0.29) is 0 Å². The average molecular weight is 1040 g/mol. The van der Waals surface area contributed by atoms with Crippen molar-refractivity contribution in [2.24, 2.45) is 0 Å². The van der Waals surface area contributed by atoms with Crippen LogP contribution in [0.1, 0.15) is 28.3 Å². The number of nitrogens with zero attached hydrogens (tertiary/aromatic N) is 2. The summed E-state index contributed by atoms with van der Waals surface area (Å²) >= 11 is 8.38. The predicted octanol–water partition coefficient (Wildman–Crippen LogP) is 14.5. The van der Waals surface area contributed by atoms with E-state index in [1.807, 2.05) is 0 Å². The lowest BCUT2D eigenvalue weighted by Gasteiger charge is -2.07. The van der Waals surface area contributed by atoms with E-state index in [9.17, 15) is 0 Å². The quantitative estimate of drug-likeness (QED) is 0.105. The summed E-state index contributed by atoms with van der Waals surface area (Å²) < 4.78 is 3.38. The number of hydrogen-bond donors (Lipinski definition) is 2. The van der Waals surface area contributed by atoms with Gasteiger partial charge in [0.2, 0.25) is 0 Å². The normalized spacial score (nSPS) is 12.1. The summed E-state index contributed by atoms with van der Waals surface area (Å²) in [5, 5.41) is 0. The molecule has 4 aromatic carbocycles. The number of hydrogen-bond acceptors (Lipinski definition) is 2. The summed E-state index contributed by atoms with van der Waals surface area (Å²) in [6.45, 7) is 6.81. The Morgan fingerprint density at radius 2 is 0.772 bits per heavy atom. The van der Waals surface area contributed by atoms with Crippen molar-refractivity contribution in [3.8, 4) is 56.0 Å². The molecule has 276 valence electrons. The van der Waals surface area contributed by atoms with Crippen molar-refractivity contribution in [3.63, 3.8) is 0 Å². The van der Waals surface area contributed by atoms with Gasteiger partial charge in [0.05, 0.1) is 22.8 Å². The third kappa shape index (κ3) is 7.91. The minimum atomic E-state index is -1.53. The molecule has 0 atom stereocenters. The van der Waals surface area contributed by atoms with E-state index in [4.69, 9.17) is 9.97 Å². The standard InChI is InChI=1S/C49H35BrI2N4Si/c1-57(2,3)29-28-30-4-6-31(7-5-30)46-38-20-22-40(53-38)47(32-8-14-35(50)15-9-32)41-23-25-43(55-41)49(34-12-18-37(52)19-13-34)45-27-26-44(56-45)48(42-24-21-39(46)54-42)33-10-16-36(51)17-11-33/h4-27,53,56H,1-3H3. The van der Waals surface area contributed by atoms with Crippen LogP contribution in [-0.4, -0.2) is 28.0 Å². The molecule has 8 bridgehead atoms. The van der Waals surface area contributed by atoms with Crippen LogP contribution in [-0.2, 0) is 0 Å². The summed E-state index contributed by atoms with van der Waals surface area (Å²) in [6, 6.07) is 43.1. The first-order chi connectivity index (χ1) is 27.6. The first-order valence-electron chi connectivity index (χ1n) is 18.6. The van der Waals surface area contributed by atoms with E-state index < -0.39 is 8.07 Å². The number of aromatic nitrogens is 4. The largest absolute Gasteiger partial charge is 0.354 e. The Kier molecular flexibility index (Phi) is 10.3. The van der Waals surface area contributed by atoms with Crippen LogP contribution >= 0.6 is 61.1 Å². The van der Waals surface area contributed by atoms with Gasteiger partial charge in [0.25, 0.3) is 0 Å². The zero-order valence-corrected chi connectivity index (χ0v) is 38.3. The fourth-order valence-corrected chi connectivity index (χ4v) is 8.75. The van der Waals surface area contributed by atoms with Crippen LogP contribution in [0.5, 0.6) is 0 Å². The van der Waals surface area contributed by atoms with Crippen LogP contribution in [0.2, 0.25) is 19.6 Å². The van der Waals surface area contributed by atoms with Crippen LogP contribution < -0.4 is 0 Å². The molecule has 2 N–H and O–H groups in total. The van der Waals surface area contributed by atoms with Gasteiger partial charge in [-0.15, -0.1) is 5.54 Å². The summed E-state index contributed by atoms with van der Waals surface area (Å²) in [4.78, 5) is 18.6. The summed E-state index contributed by atoms with van der Waals surface area (Å²) in [5.41, 5.74) is 20.4. The number of H-pyrrole nitrogens is 2. The smallest absolute Gasteiger partial charge is 0.129 e. The lowest BCUT2D eigenvalue weighted by molar-refractivity contribution is 1.31. The topological polar surface area (TPSA) is 57.4 Å². The van der Waals surface area contributed by atoms with E-state index in [1.165, 1.54) is 7.14 Å². The SMILES string of the molecule is C[Si](C)(C)C#Cc1ccc(-c2c3nc(c(-c4ccc(I)cc4)c4ccc([nH]4)c(-c4ccc(I)cc4)c4nc(c(-c5ccc(Br)cc5)c5ccc2[nH]5)C=C4)C=C3)cc1. The molecule has 9 rings (SSSR count). The van der Waals surface area contributed by atoms with Gasteiger partial charge in [0.1, 0.15) is 8.07 Å². The first-order valence-corrected chi connectivity index (χ1v) is 25.1. The van der Waals surface area contributed by atoms with Crippen LogP contribution in [0, 0.1) is 18.6 Å². The number of halogens is 3. The van der Waals surface area contributed by atoms with E-state index in [2.05, 4.69) is 248 Å². The van der Waals surface area contributed by atoms with Crippen LogP contribution in [0.15, 0.2) is 126 Å². The lowest BCUT2D eigenvalue weighted by atomic mass is 10.0. The zero-order valence-electron chi connectivity index (χ0n) is 31.4. The van der Waals surface area contributed by atoms with Gasteiger partial charge in [0, 0.05) is 61.5 Å². The highest BCUT2D eigenvalue weighted by atomic mass is 127. The maximum absolute atomic E-state index is 5.45. The fraction of sp³-hybridized carbons (Fsp3) is 0.0612. The average Bonchev–Trinajstić information content (AvgIpc) is 4.04. The molecule has 0 fully saturated rings. The first kappa shape index (κ1) is 37.8. The summed E-state index contributed by atoms with van der Waals surface area (Å²) in [7, 11) is -1.53. The second-order valence-corrected chi connectivity index (χ2v) is 23.3. The molecule has 0 spiro atoms. The van der Waals surface area contributed by atoms with E-state index in [0.717, 1.165) is 99.4 Å². The number of rotatable bonds is 4. The minimum Gasteiger partial charge on any atom is -0.354 e. The molecule has 4 nitrogen and oxygen atoms in total. The predicted molar refractivity (Wildman–Crippen MR) is 264 cm³/mol. The minimum absolute atomic E-state index is 0.881. The third-order valence-electron chi connectivity index (χ3n) is 9.91. The number of nitrogens with one attached hydrogen (secondary N) is 2. The van der Waals surface area contributed by atoms with Crippen molar-refractivity contribution in [3.05, 3.63) is 161 Å². The van der Waals surface area contributed by atoms with Gasteiger partial charge >= 0.3 is 0 Å². The molecule has 7 aromatic rings. The summed E-state index contributed by atoms with van der Waals surface area (Å²) in [5.74, 6) is 3.42. The molecule has 0 saturated carbocycles. The van der Waals surface area contributed by atoms with Crippen molar-refractivity contribution in [2.45, 2.75) is 19.6 Å². The van der Waals surface area contributed by atoms with Gasteiger partial charge < -0.3 is 9.97 Å². The van der Waals surface area contributed by atoms with Crippen molar-refractivity contribution in [2.75, 3.05) is 0 Å². The molecule has 2 aliphatic heterocycles. The zero-order chi connectivity index (χ0) is 39.3. The maximum Gasteiger partial charge on any atom is 0.129 e. The highest BCUT2D eigenvalue weighted by molar-refractivity contribution is 14.1. The molecule has 0 radical (unpaired) electrons. The highest BCUT2D eigenvalue weighted by Gasteiger charge is 2.19. The second kappa shape index (κ2) is 15.5. The van der Waals surface area contributed by atoms with Crippen molar-refractivity contribution < 1.29 is 0 Å². The highest BCUT2D eigenvalue weighted by Crippen LogP contribution is 2.39. The van der Waals surface area contributed by atoms with Crippen LogP contribution in [0.25, 0.3) is 90.9 Å². The van der Waals surface area contributed by atoms with E-state index in [1.54, 1.807) is 0 Å². The van der Waals surface area contributed by atoms with Gasteiger partial charge in [-0.2, -0.15) is 0 Å². The second-order valence-electron chi connectivity index (χ2n) is 15.1. The fourth-order valence-electron chi connectivity index (χ4n) is 7.25. The summed E-state index contributed by atoms with van der Waals surface area (Å²) in [6.07, 6.45) is 8.57. The van der Waals surface area contributed by atoms with Crippen molar-refractivity contribution in [1.82, 2.24) is 19.9 Å². The van der Waals surface area contributed by atoms with Gasteiger partial charge in [-0.25, -0.2) is 9.97 Å². The third-order valence-corrected chi connectivity index (χ3v) is 12.7. The lowest BCUT2D eigenvalue weighted by Crippen LogP contribution is -2.16. The Balaban J connectivity index is 1.42. The molecule has 0 amide bonds. The Morgan fingerprint density at radius 1 is 0.456 bits per heavy atom. The van der Waals surface area contributed by atoms with Gasteiger partial charge in [-0.3, -0.25) is 0 Å². The van der Waals surface area contributed by atoms with Crippen molar-refractivity contribution >= 4 is 116 Å². The van der Waals surface area contributed by atoms with Crippen molar-refractivity contribution in [1.29, 1.82) is 0 Å². The monoisotopic (exact) mass is 1040 g/mol. The van der Waals surface area contributed by atoms with E-state index in [0.29, 0.717) is 0 Å². The van der Waals surface area contributed by atoms with Gasteiger partial charge in [0.15, 0.2) is 0 Å². The molecule has 3 aromatic heterocycles. The number of fused-ring (bicyclic) bond motifs is 8. The Morgan fingerprint density at radius 3 is 1.11 bits per heavy atom. The Hall–Kier alpha value is -4.80. The molecule has 0 saturated heterocycles. The number of benzene rings is 4. The van der Waals surface area contributed by atoms with Gasteiger partial charge in [-0.05, 0) is 165 Å². The van der Waals surface area contributed by atoms with Gasteiger partial charge in [-0.1, -0.05) is 90.0 Å². The molecule has 8 heteroatoms. The Bertz CT molecular complexity index is 2950. The molecule has 0 unspecified atom stereocenters. The van der Waals surface area contributed by atoms with E-state index >= 15 is 0 Å². The molecule has 57 heavy (non-hydrogen) atoms. The number of aromatic amines is 2. The molecule has 2 aliphatic rings. The maximum atomic E-state index is 5.45. The molecular formula is C49H35BrI2N4Si. The Labute approximate surface area is 369 Å². The van der Waals surface area contributed by atoms with Crippen LogP contribution in [0.3, 0.4) is 0 Å².